The van der Waals surface area contributed by atoms with Crippen molar-refractivity contribution in [3.05, 3.63) is 52.6 Å². The Morgan fingerprint density at radius 3 is 2.66 bits per heavy atom. The minimum atomic E-state index is -0.448. The Balaban J connectivity index is 1.33. The maximum absolute atomic E-state index is 14.3. The molecule has 1 aromatic carbocycles. The first-order valence-corrected chi connectivity index (χ1v) is 13.4. The molecule has 6 atom stereocenters. The van der Waals surface area contributed by atoms with E-state index in [1.807, 2.05) is 23.0 Å². The number of hydrogen-bond acceptors (Lipinski definition) is 3. The molecule has 0 spiro atoms. The van der Waals surface area contributed by atoms with E-state index < -0.39 is 5.82 Å². The quantitative estimate of drug-likeness (QED) is 0.545. The van der Waals surface area contributed by atoms with Crippen LogP contribution in [0.25, 0.3) is 0 Å². The first-order chi connectivity index (χ1) is 16.4. The average molecular weight is 501 g/mol. The summed E-state index contributed by atoms with van der Waals surface area (Å²) in [7, 11) is 0. The molecule has 4 fully saturated rings. The molecule has 6 rings (SSSR count). The van der Waals surface area contributed by atoms with E-state index in [1.165, 1.54) is 25.3 Å². The Kier molecular flexibility index (Phi) is 6.28. The van der Waals surface area contributed by atoms with Crippen LogP contribution in [0.3, 0.4) is 0 Å². The van der Waals surface area contributed by atoms with Crippen molar-refractivity contribution < 1.29 is 9.18 Å². The minimum absolute atomic E-state index is 0.0291. The molecule has 190 valence electrons. The van der Waals surface area contributed by atoms with Gasteiger partial charge in [-0.25, -0.2) is 4.39 Å². The van der Waals surface area contributed by atoms with Gasteiger partial charge in [0.05, 0.1) is 22.3 Å². The van der Waals surface area contributed by atoms with Crippen LogP contribution >= 0.6 is 11.6 Å². The molecule has 4 aliphatic rings. The van der Waals surface area contributed by atoms with Crippen molar-refractivity contribution in [2.45, 2.75) is 83.8 Å². The van der Waals surface area contributed by atoms with Crippen molar-refractivity contribution in [1.29, 1.82) is 0 Å². The first kappa shape index (κ1) is 24.8. The molecular weight excluding hydrogens is 463 g/mol. The second-order valence-electron chi connectivity index (χ2n) is 12.5. The summed E-state index contributed by atoms with van der Waals surface area (Å²) in [6.45, 7) is 11.8. The Labute approximate surface area is 213 Å². The molecular formula is C28H38ClFN4O. The summed E-state index contributed by atoms with van der Waals surface area (Å²) < 4.78 is 16.3. The van der Waals surface area contributed by atoms with E-state index in [4.69, 9.17) is 16.7 Å². The molecule has 1 amide bonds. The number of hydrogen-bond donors (Lipinski definition) is 2. The van der Waals surface area contributed by atoms with Gasteiger partial charge in [0.1, 0.15) is 5.82 Å². The molecule has 35 heavy (non-hydrogen) atoms. The number of carbonyl (C=O) groups excluding carboxylic acids is 1. The van der Waals surface area contributed by atoms with Crippen molar-refractivity contribution in [1.82, 2.24) is 20.4 Å². The first-order valence-electron chi connectivity index (χ1n) is 13.0. The fourth-order valence-electron chi connectivity index (χ4n) is 6.77. The van der Waals surface area contributed by atoms with E-state index in [-0.39, 0.29) is 34.5 Å². The van der Waals surface area contributed by atoms with Crippen molar-refractivity contribution >= 4 is 17.5 Å². The smallest absolute Gasteiger partial charge is 0.237 e. The number of amides is 1. The molecule has 0 radical (unpaired) electrons. The second-order valence-corrected chi connectivity index (χ2v) is 12.9. The van der Waals surface area contributed by atoms with E-state index in [9.17, 15) is 9.18 Å². The van der Waals surface area contributed by atoms with E-state index in [0.717, 1.165) is 23.7 Å². The van der Waals surface area contributed by atoms with Crippen molar-refractivity contribution in [3.63, 3.8) is 0 Å². The number of halogens is 2. The summed E-state index contributed by atoms with van der Waals surface area (Å²) in [6.07, 6.45) is 6.38. The van der Waals surface area contributed by atoms with Gasteiger partial charge in [-0.05, 0) is 93.4 Å². The Morgan fingerprint density at radius 2 is 2.03 bits per heavy atom. The lowest BCUT2D eigenvalue weighted by molar-refractivity contribution is -0.126. The third kappa shape index (κ3) is 4.53. The van der Waals surface area contributed by atoms with Crippen LogP contribution in [0.15, 0.2) is 30.5 Å². The van der Waals surface area contributed by atoms with Gasteiger partial charge in [-0.15, -0.1) is 0 Å². The number of carbonyl (C=O) groups is 1. The standard InChI is InChI=1S/C28H38ClFN4O/c1-27(2,3)34-11-10-23(33-34)19-14-24(32-25(19)16-7-9-21(29)22(30)12-16)26(35)31-15-17-6-8-18-13-20(17)28(18,4)5/h7,9-12,17-20,24-25,32H,6,8,13-15H2,1-5H3,(H,31,35)/t17-,18-,19+,20+,24-,25-/m0/s1. The van der Waals surface area contributed by atoms with Gasteiger partial charge >= 0.3 is 0 Å². The van der Waals surface area contributed by atoms with Crippen LogP contribution in [0, 0.1) is 29.0 Å². The number of aromatic nitrogens is 2. The molecule has 1 aliphatic heterocycles. The summed E-state index contributed by atoms with van der Waals surface area (Å²) in [5.74, 6) is 1.65. The van der Waals surface area contributed by atoms with Crippen LogP contribution < -0.4 is 10.6 Å². The number of nitrogens with one attached hydrogen (secondary N) is 2. The molecule has 0 unspecified atom stereocenters. The SMILES string of the molecule is CC1(C)[C@H]2CC[C@@H](CNC(=O)[C@@H]3C[C@H](c4ccn(C(C)(C)C)n4)[C@H](c4ccc(Cl)c(F)c4)N3)[C@H]1C2. The van der Waals surface area contributed by atoms with Gasteiger partial charge in [-0.3, -0.25) is 14.8 Å². The monoisotopic (exact) mass is 500 g/mol. The number of fused-ring (bicyclic) bond motifs is 2. The summed E-state index contributed by atoms with van der Waals surface area (Å²) in [4.78, 5) is 13.3. The largest absolute Gasteiger partial charge is 0.354 e. The maximum Gasteiger partial charge on any atom is 0.237 e. The van der Waals surface area contributed by atoms with Crippen LogP contribution in [0.4, 0.5) is 4.39 Å². The van der Waals surface area contributed by atoms with Gasteiger partial charge in [-0.2, -0.15) is 5.10 Å². The number of rotatable bonds is 5. The maximum atomic E-state index is 14.3. The molecule has 3 aliphatic carbocycles. The van der Waals surface area contributed by atoms with Gasteiger partial charge in [0.25, 0.3) is 0 Å². The molecule has 2 aromatic rings. The number of benzene rings is 1. The van der Waals surface area contributed by atoms with Crippen LogP contribution in [-0.2, 0) is 10.3 Å². The Hall–Kier alpha value is -1.92. The lowest BCUT2D eigenvalue weighted by atomic mass is 9.45. The zero-order chi connectivity index (χ0) is 25.1. The highest BCUT2D eigenvalue weighted by Crippen LogP contribution is 2.61. The molecule has 5 nitrogen and oxygen atoms in total. The van der Waals surface area contributed by atoms with E-state index >= 15 is 0 Å². The summed E-state index contributed by atoms with van der Waals surface area (Å²) in [6, 6.07) is 6.35. The molecule has 1 aromatic heterocycles. The predicted molar refractivity (Wildman–Crippen MR) is 137 cm³/mol. The Bertz CT molecular complexity index is 1100. The van der Waals surface area contributed by atoms with Gasteiger partial charge in [0.2, 0.25) is 5.91 Å². The third-order valence-corrected chi connectivity index (χ3v) is 9.42. The average Bonchev–Trinajstić information content (AvgIpc) is 3.47. The second kappa shape index (κ2) is 8.88. The zero-order valence-corrected chi connectivity index (χ0v) is 22.2. The molecule has 7 heteroatoms. The normalized spacial score (nSPS) is 31.7. The fraction of sp³-hybridized carbons (Fsp3) is 0.643. The highest BCUT2D eigenvalue weighted by Gasteiger charge is 2.54. The molecule has 2 heterocycles. The van der Waals surface area contributed by atoms with Gasteiger partial charge < -0.3 is 5.32 Å². The molecule has 1 saturated heterocycles. The van der Waals surface area contributed by atoms with E-state index in [0.29, 0.717) is 23.7 Å². The van der Waals surface area contributed by atoms with Crippen LogP contribution in [-0.4, -0.2) is 28.3 Å². The lowest BCUT2D eigenvalue weighted by Gasteiger charge is -2.60. The van der Waals surface area contributed by atoms with Gasteiger partial charge in [0, 0.05) is 24.7 Å². The van der Waals surface area contributed by atoms with E-state index in [1.54, 1.807) is 6.07 Å². The zero-order valence-electron chi connectivity index (χ0n) is 21.4. The van der Waals surface area contributed by atoms with Crippen LogP contribution in [0.2, 0.25) is 5.02 Å². The van der Waals surface area contributed by atoms with Crippen molar-refractivity contribution in [3.8, 4) is 0 Å². The third-order valence-electron chi connectivity index (χ3n) is 9.11. The predicted octanol–water partition coefficient (Wildman–Crippen LogP) is 5.81. The highest BCUT2D eigenvalue weighted by molar-refractivity contribution is 6.30. The topological polar surface area (TPSA) is 59.0 Å². The number of nitrogens with zero attached hydrogens (tertiary/aromatic N) is 2. The van der Waals surface area contributed by atoms with Gasteiger partial charge in [0.15, 0.2) is 0 Å². The van der Waals surface area contributed by atoms with Crippen molar-refractivity contribution in [2.75, 3.05) is 6.54 Å². The van der Waals surface area contributed by atoms with Crippen LogP contribution in [0.1, 0.15) is 83.5 Å². The van der Waals surface area contributed by atoms with Gasteiger partial charge in [-0.1, -0.05) is 31.5 Å². The lowest BCUT2D eigenvalue weighted by Crippen LogP contribution is -2.55. The van der Waals surface area contributed by atoms with E-state index in [2.05, 4.69) is 45.3 Å². The molecule has 3 saturated carbocycles. The Morgan fingerprint density at radius 1 is 1.26 bits per heavy atom. The van der Waals surface area contributed by atoms with Crippen LogP contribution in [0.5, 0.6) is 0 Å². The van der Waals surface area contributed by atoms with Crippen molar-refractivity contribution in [2.24, 2.45) is 23.2 Å². The fourth-order valence-corrected chi connectivity index (χ4v) is 6.89. The highest BCUT2D eigenvalue weighted by atomic mass is 35.5. The summed E-state index contributed by atoms with van der Waals surface area (Å²) in [5.41, 5.74) is 1.96. The minimum Gasteiger partial charge on any atom is -0.354 e. The molecule has 2 bridgehead atoms. The summed E-state index contributed by atoms with van der Waals surface area (Å²) in [5, 5.41) is 11.7. The summed E-state index contributed by atoms with van der Waals surface area (Å²) >= 11 is 5.95. The molecule has 2 N–H and O–H groups in total.